The van der Waals surface area contributed by atoms with Crippen LogP contribution in [0.2, 0.25) is 0 Å². The van der Waals surface area contributed by atoms with Crippen molar-refractivity contribution < 1.29 is 4.42 Å². The van der Waals surface area contributed by atoms with E-state index in [2.05, 4.69) is 131 Å². The normalized spacial score (nSPS) is 11.8. The van der Waals surface area contributed by atoms with Gasteiger partial charge < -0.3 is 4.42 Å². The highest BCUT2D eigenvalue weighted by Gasteiger charge is 2.20. The summed E-state index contributed by atoms with van der Waals surface area (Å²) in [5, 5.41) is 4.62. The molecule has 0 radical (unpaired) electrons. The summed E-state index contributed by atoms with van der Waals surface area (Å²) >= 11 is 1.79. The van der Waals surface area contributed by atoms with E-state index in [4.69, 9.17) is 19.4 Å². The molecule has 0 saturated heterocycles. The van der Waals surface area contributed by atoms with E-state index < -0.39 is 0 Å². The minimum absolute atomic E-state index is 0.586. The molecule has 7 heteroatoms. The average molecular weight is 698 g/mol. The van der Waals surface area contributed by atoms with Crippen LogP contribution in [-0.4, -0.2) is 24.5 Å². The van der Waals surface area contributed by atoms with Crippen molar-refractivity contribution >= 4 is 64.4 Å². The zero-order chi connectivity index (χ0) is 34.9. The monoisotopic (exact) mass is 697 g/mol. The minimum Gasteiger partial charge on any atom is -0.436 e. The lowest BCUT2D eigenvalue weighted by Crippen LogP contribution is -2.06. The number of aromatic nitrogens is 5. The van der Waals surface area contributed by atoms with Gasteiger partial charge in [0.25, 0.3) is 0 Å². The summed E-state index contributed by atoms with van der Waals surface area (Å²) in [7, 11) is 0. The first-order chi connectivity index (χ1) is 26.2. The Morgan fingerprint density at radius 1 is 0.453 bits per heavy atom. The number of oxazole rings is 1. The van der Waals surface area contributed by atoms with E-state index in [1.54, 1.807) is 11.3 Å². The van der Waals surface area contributed by atoms with Gasteiger partial charge in [-0.3, -0.25) is 4.57 Å². The number of thiophene rings is 1. The molecule has 248 valence electrons. The fourth-order valence-corrected chi connectivity index (χ4v) is 8.55. The van der Waals surface area contributed by atoms with E-state index in [9.17, 15) is 0 Å². The predicted molar refractivity (Wildman–Crippen MR) is 216 cm³/mol. The van der Waals surface area contributed by atoms with Gasteiger partial charge in [-0.05, 0) is 65.7 Å². The Morgan fingerprint density at radius 3 is 1.92 bits per heavy atom. The summed E-state index contributed by atoms with van der Waals surface area (Å²) in [4.78, 5) is 20.3. The van der Waals surface area contributed by atoms with Crippen molar-refractivity contribution in [2.45, 2.75) is 0 Å². The zero-order valence-corrected chi connectivity index (χ0v) is 29.0. The maximum atomic E-state index is 6.03. The van der Waals surface area contributed by atoms with E-state index in [0.717, 1.165) is 66.1 Å². The molecule has 0 fully saturated rings. The Labute approximate surface area is 307 Å². The van der Waals surface area contributed by atoms with Crippen LogP contribution in [0.5, 0.6) is 0 Å². The molecule has 0 bridgehead atoms. The Bertz CT molecular complexity index is 3090. The highest BCUT2D eigenvalue weighted by Crippen LogP contribution is 2.42. The molecule has 11 rings (SSSR count). The third kappa shape index (κ3) is 4.86. The second kappa shape index (κ2) is 11.8. The molecule has 0 spiro atoms. The molecule has 0 aliphatic heterocycles. The topological polar surface area (TPSA) is 69.6 Å². The van der Waals surface area contributed by atoms with Gasteiger partial charge in [0.05, 0.1) is 11.0 Å². The molecule has 0 unspecified atom stereocenters. The summed E-state index contributed by atoms with van der Waals surface area (Å²) in [5.74, 6) is 2.47. The van der Waals surface area contributed by atoms with Gasteiger partial charge in [0.15, 0.2) is 17.2 Å². The maximum Gasteiger partial charge on any atom is 0.238 e. The Balaban J connectivity index is 1.09. The van der Waals surface area contributed by atoms with Gasteiger partial charge in [0.1, 0.15) is 5.52 Å². The first-order valence-corrected chi connectivity index (χ1v) is 18.3. The van der Waals surface area contributed by atoms with Crippen LogP contribution in [0.15, 0.2) is 168 Å². The SMILES string of the molecule is c1ccc(-c2nc(-c3cccc4sc5ccc(-c6ccc(-c7nc8ccccc8o7)cc6)cc5c34)nc(-n3c4ccccc4c4ccccc43)n2)cc1. The van der Waals surface area contributed by atoms with Crippen molar-refractivity contribution in [1.29, 1.82) is 0 Å². The molecule has 0 amide bonds. The molecule has 4 aromatic heterocycles. The van der Waals surface area contributed by atoms with Crippen LogP contribution in [0.3, 0.4) is 0 Å². The number of nitrogens with zero attached hydrogens (tertiary/aromatic N) is 5. The molecule has 4 heterocycles. The van der Waals surface area contributed by atoms with E-state index >= 15 is 0 Å². The largest absolute Gasteiger partial charge is 0.436 e. The maximum absolute atomic E-state index is 6.03. The number of rotatable bonds is 5. The van der Waals surface area contributed by atoms with Crippen LogP contribution in [0, 0.1) is 0 Å². The zero-order valence-electron chi connectivity index (χ0n) is 28.1. The number of para-hydroxylation sites is 4. The van der Waals surface area contributed by atoms with Crippen LogP contribution in [0.1, 0.15) is 0 Å². The molecule has 0 aliphatic rings. The smallest absolute Gasteiger partial charge is 0.238 e. The lowest BCUT2D eigenvalue weighted by molar-refractivity contribution is 0.620. The number of hydrogen-bond donors (Lipinski definition) is 0. The first-order valence-electron chi connectivity index (χ1n) is 17.5. The Morgan fingerprint density at radius 2 is 1.13 bits per heavy atom. The summed E-state index contributed by atoms with van der Waals surface area (Å²) in [6.45, 7) is 0. The predicted octanol–water partition coefficient (Wildman–Crippen LogP) is 12.1. The standard InChI is InChI=1S/C46H27N5OS/c1-2-11-29(12-3-1)43-48-44(50-46(49-43)51-37-17-7-4-13-32(37)33-14-5-8-18-38(33)51)34-15-10-20-41-42(34)35-27-31(25-26-40(35)53-41)28-21-23-30(24-22-28)45-47-36-16-6-9-19-39(36)52-45/h1-27H. The molecular weight excluding hydrogens is 671 g/mol. The lowest BCUT2D eigenvalue weighted by atomic mass is 10.00. The van der Waals surface area contributed by atoms with Gasteiger partial charge in [-0.1, -0.05) is 109 Å². The van der Waals surface area contributed by atoms with Gasteiger partial charge >= 0.3 is 0 Å². The van der Waals surface area contributed by atoms with Crippen LogP contribution in [0.25, 0.3) is 104 Å². The molecule has 53 heavy (non-hydrogen) atoms. The van der Waals surface area contributed by atoms with Crippen LogP contribution < -0.4 is 0 Å². The van der Waals surface area contributed by atoms with Crippen molar-refractivity contribution in [3.63, 3.8) is 0 Å². The summed E-state index contributed by atoms with van der Waals surface area (Å²) in [6.07, 6.45) is 0. The molecule has 11 aromatic rings. The second-order valence-corrected chi connectivity index (χ2v) is 14.2. The number of fused-ring (bicyclic) bond motifs is 7. The van der Waals surface area contributed by atoms with Gasteiger partial charge in [0, 0.05) is 47.6 Å². The molecule has 6 nitrogen and oxygen atoms in total. The molecule has 7 aromatic carbocycles. The van der Waals surface area contributed by atoms with Crippen molar-refractivity contribution in [2.75, 3.05) is 0 Å². The third-order valence-electron chi connectivity index (χ3n) is 9.93. The van der Waals surface area contributed by atoms with E-state index in [-0.39, 0.29) is 0 Å². The van der Waals surface area contributed by atoms with Gasteiger partial charge in [0.2, 0.25) is 11.8 Å². The van der Waals surface area contributed by atoms with Crippen molar-refractivity contribution in [2.24, 2.45) is 0 Å². The van der Waals surface area contributed by atoms with Crippen LogP contribution in [-0.2, 0) is 0 Å². The molecule has 0 atom stereocenters. The van der Waals surface area contributed by atoms with Crippen molar-refractivity contribution in [3.05, 3.63) is 164 Å². The summed E-state index contributed by atoms with van der Waals surface area (Å²) in [5.41, 5.74) is 8.83. The fourth-order valence-electron chi connectivity index (χ4n) is 7.43. The number of hydrogen-bond acceptors (Lipinski definition) is 6. The number of benzene rings is 7. The molecule has 0 saturated carbocycles. The highest BCUT2D eigenvalue weighted by atomic mass is 32.1. The second-order valence-electron chi connectivity index (χ2n) is 13.1. The van der Waals surface area contributed by atoms with Crippen molar-refractivity contribution in [3.8, 4) is 51.3 Å². The van der Waals surface area contributed by atoms with Gasteiger partial charge in [-0.25, -0.2) is 9.97 Å². The summed E-state index contributed by atoms with van der Waals surface area (Å²) < 4.78 is 10.6. The van der Waals surface area contributed by atoms with E-state index in [1.807, 2.05) is 42.5 Å². The molecule has 0 aliphatic carbocycles. The third-order valence-corrected chi connectivity index (χ3v) is 11.1. The van der Waals surface area contributed by atoms with E-state index in [0.29, 0.717) is 23.5 Å². The lowest BCUT2D eigenvalue weighted by Gasteiger charge is -2.11. The van der Waals surface area contributed by atoms with Gasteiger partial charge in [-0.15, -0.1) is 11.3 Å². The summed E-state index contributed by atoms with van der Waals surface area (Å²) in [6, 6.07) is 56.4. The Kier molecular flexibility index (Phi) is 6.62. The molecular formula is C46H27N5OS. The van der Waals surface area contributed by atoms with Crippen LogP contribution >= 0.6 is 11.3 Å². The quantitative estimate of drug-likeness (QED) is 0.179. The van der Waals surface area contributed by atoms with E-state index in [1.165, 1.54) is 14.8 Å². The minimum atomic E-state index is 0.586. The average Bonchev–Trinajstić information content (AvgIpc) is 3.93. The van der Waals surface area contributed by atoms with Gasteiger partial charge in [-0.2, -0.15) is 9.97 Å². The molecule has 0 N–H and O–H groups in total. The van der Waals surface area contributed by atoms with Crippen LogP contribution in [0.4, 0.5) is 0 Å². The Hall–Kier alpha value is -6.96. The highest BCUT2D eigenvalue weighted by molar-refractivity contribution is 7.26. The fraction of sp³-hybridized carbons (Fsp3) is 0. The van der Waals surface area contributed by atoms with Crippen molar-refractivity contribution in [1.82, 2.24) is 24.5 Å². The first kappa shape index (κ1) is 29.7.